The van der Waals surface area contributed by atoms with Crippen molar-refractivity contribution < 1.29 is 9.84 Å². The first-order valence-corrected chi connectivity index (χ1v) is 13.2. The van der Waals surface area contributed by atoms with E-state index in [2.05, 4.69) is 47.5 Å². The molecule has 1 saturated carbocycles. The van der Waals surface area contributed by atoms with E-state index in [-0.39, 0.29) is 6.10 Å². The largest absolute Gasteiger partial charge is 0.508 e. The minimum absolute atomic E-state index is 0.191. The predicted molar refractivity (Wildman–Crippen MR) is 134 cm³/mol. The van der Waals surface area contributed by atoms with Gasteiger partial charge in [0.05, 0.1) is 0 Å². The number of aromatic hydroxyl groups is 1. The highest BCUT2D eigenvalue weighted by molar-refractivity contribution is 5.40. The Morgan fingerprint density at radius 3 is 2.55 bits per heavy atom. The average molecular weight is 449 g/mol. The summed E-state index contributed by atoms with van der Waals surface area (Å²) in [6.45, 7) is 4.39. The Bertz CT molecular complexity index is 900. The summed E-state index contributed by atoms with van der Waals surface area (Å²) in [5.74, 6) is 1.36. The topological polar surface area (TPSA) is 44.7 Å². The Labute approximate surface area is 199 Å². The molecular formula is C29H40N2O2. The van der Waals surface area contributed by atoms with E-state index in [1.165, 1.54) is 68.1 Å². The summed E-state index contributed by atoms with van der Waals surface area (Å²) in [5.41, 5.74) is 4.08. The molecule has 1 saturated heterocycles. The zero-order valence-corrected chi connectivity index (χ0v) is 20.1. The second-order valence-electron chi connectivity index (χ2n) is 10.4. The van der Waals surface area contributed by atoms with Crippen LogP contribution in [0.5, 0.6) is 11.5 Å². The molecule has 2 aromatic carbocycles. The van der Waals surface area contributed by atoms with Crippen molar-refractivity contribution in [1.82, 2.24) is 10.2 Å². The van der Waals surface area contributed by atoms with Crippen LogP contribution >= 0.6 is 0 Å². The number of phenolic OH excluding ortho intramolecular Hbond substituents is 1. The molecule has 0 radical (unpaired) electrons. The van der Waals surface area contributed by atoms with Crippen molar-refractivity contribution in [2.75, 3.05) is 13.1 Å². The second kappa shape index (κ2) is 10.5. The van der Waals surface area contributed by atoms with E-state index in [0.717, 1.165) is 31.7 Å². The Morgan fingerprint density at radius 2 is 1.79 bits per heavy atom. The second-order valence-corrected chi connectivity index (χ2v) is 10.4. The maximum Gasteiger partial charge on any atom is 0.119 e. The molecule has 2 N–H and O–H groups in total. The average Bonchev–Trinajstić information content (AvgIpc) is 2.86. The van der Waals surface area contributed by atoms with E-state index in [0.29, 0.717) is 23.9 Å². The number of nitrogens with zero attached hydrogens (tertiary/aromatic N) is 1. The highest BCUT2D eigenvalue weighted by Gasteiger charge is 2.33. The number of benzene rings is 2. The third-order valence-corrected chi connectivity index (χ3v) is 8.16. The van der Waals surface area contributed by atoms with Crippen LogP contribution in [0.1, 0.15) is 81.0 Å². The molecular weight excluding hydrogens is 408 g/mol. The van der Waals surface area contributed by atoms with Gasteiger partial charge in [0.1, 0.15) is 17.6 Å². The first-order chi connectivity index (χ1) is 16.2. The molecule has 5 rings (SSSR count). The van der Waals surface area contributed by atoms with Crippen LogP contribution in [-0.4, -0.2) is 41.3 Å². The van der Waals surface area contributed by atoms with Crippen LogP contribution in [-0.2, 0) is 12.8 Å². The first kappa shape index (κ1) is 22.7. The summed E-state index contributed by atoms with van der Waals surface area (Å²) < 4.78 is 6.28. The molecule has 0 spiro atoms. The Balaban J connectivity index is 1.31. The standard InChI is InChI=1S/C29H40N2O2/c1-21(28-9-5-6-17-30-28)33-26-13-10-22(11-14-26)19-29-27-15-12-25(32)20-23(27)16-18-31(29)24-7-3-2-4-8-24/h10-15,20-21,24,28-30,32H,2-9,16-19H2,1H3. The van der Waals surface area contributed by atoms with Crippen molar-refractivity contribution in [3.8, 4) is 11.5 Å². The lowest BCUT2D eigenvalue weighted by molar-refractivity contribution is 0.0945. The SMILES string of the molecule is CC(Oc1ccc(CC2c3ccc(O)cc3CCN2C2CCCCC2)cc1)C1CCCCN1. The third kappa shape index (κ3) is 5.38. The van der Waals surface area contributed by atoms with Gasteiger partial charge in [-0.25, -0.2) is 0 Å². The molecule has 0 bridgehead atoms. The number of nitrogens with one attached hydrogen (secondary N) is 1. The van der Waals surface area contributed by atoms with E-state index < -0.39 is 0 Å². The van der Waals surface area contributed by atoms with Crippen molar-refractivity contribution in [2.45, 2.75) is 95.4 Å². The van der Waals surface area contributed by atoms with Gasteiger partial charge in [-0.1, -0.05) is 43.9 Å². The molecule has 3 atom stereocenters. The number of hydrogen-bond acceptors (Lipinski definition) is 4. The molecule has 33 heavy (non-hydrogen) atoms. The lowest BCUT2D eigenvalue weighted by atomic mass is 9.84. The maximum atomic E-state index is 10.0. The Kier molecular flexibility index (Phi) is 7.22. The van der Waals surface area contributed by atoms with Gasteiger partial charge < -0.3 is 15.2 Å². The summed E-state index contributed by atoms with van der Waals surface area (Å²) in [6, 6.07) is 16.4. The molecule has 0 aromatic heterocycles. The number of piperidine rings is 1. The molecule has 1 aliphatic carbocycles. The molecule has 2 fully saturated rings. The van der Waals surface area contributed by atoms with Crippen LogP contribution in [0.25, 0.3) is 0 Å². The van der Waals surface area contributed by atoms with Gasteiger partial charge in [0.2, 0.25) is 0 Å². The van der Waals surface area contributed by atoms with Gasteiger partial charge in [0, 0.05) is 24.7 Å². The lowest BCUT2D eigenvalue weighted by Crippen LogP contribution is -2.44. The third-order valence-electron chi connectivity index (χ3n) is 8.16. The minimum atomic E-state index is 0.191. The number of rotatable bonds is 6. The van der Waals surface area contributed by atoms with Crippen molar-refractivity contribution in [3.05, 3.63) is 59.2 Å². The van der Waals surface area contributed by atoms with Gasteiger partial charge in [-0.05, 0) is 92.9 Å². The van der Waals surface area contributed by atoms with Crippen LogP contribution in [0, 0.1) is 0 Å². The van der Waals surface area contributed by atoms with Crippen LogP contribution in [0.15, 0.2) is 42.5 Å². The monoisotopic (exact) mass is 448 g/mol. The summed E-state index contributed by atoms with van der Waals surface area (Å²) in [5, 5.41) is 13.6. The van der Waals surface area contributed by atoms with E-state index in [9.17, 15) is 5.11 Å². The molecule has 4 nitrogen and oxygen atoms in total. The van der Waals surface area contributed by atoms with E-state index >= 15 is 0 Å². The van der Waals surface area contributed by atoms with Crippen LogP contribution in [0.2, 0.25) is 0 Å². The molecule has 4 heteroatoms. The van der Waals surface area contributed by atoms with Gasteiger partial charge in [-0.2, -0.15) is 0 Å². The van der Waals surface area contributed by atoms with Crippen LogP contribution < -0.4 is 10.1 Å². The quantitative estimate of drug-likeness (QED) is 0.588. The van der Waals surface area contributed by atoms with Crippen LogP contribution in [0.3, 0.4) is 0 Å². The molecule has 3 unspecified atom stereocenters. The number of phenols is 1. The first-order valence-electron chi connectivity index (χ1n) is 13.2. The highest BCUT2D eigenvalue weighted by Crippen LogP contribution is 2.38. The Hall–Kier alpha value is -2.04. The van der Waals surface area contributed by atoms with Gasteiger partial charge in [-0.15, -0.1) is 0 Å². The van der Waals surface area contributed by atoms with Gasteiger partial charge >= 0.3 is 0 Å². The number of ether oxygens (including phenoxy) is 1. The minimum Gasteiger partial charge on any atom is -0.508 e. The fourth-order valence-corrected chi connectivity index (χ4v) is 6.30. The summed E-state index contributed by atoms with van der Waals surface area (Å²) >= 11 is 0. The zero-order valence-electron chi connectivity index (χ0n) is 20.1. The smallest absolute Gasteiger partial charge is 0.119 e. The van der Waals surface area contributed by atoms with Crippen molar-refractivity contribution in [1.29, 1.82) is 0 Å². The number of fused-ring (bicyclic) bond motifs is 1. The van der Waals surface area contributed by atoms with Crippen LogP contribution in [0.4, 0.5) is 0 Å². The van der Waals surface area contributed by atoms with E-state index in [1.54, 1.807) is 0 Å². The zero-order chi connectivity index (χ0) is 22.6. The fourth-order valence-electron chi connectivity index (χ4n) is 6.30. The summed E-state index contributed by atoms with van der Waals surface area (Å²) in [4.78, 5) is 2.78. The normalized spacial score (nSPS) is 25.4. The van der Waals surface area contributed by atoms with E-state index in [4.69, 9.17) is 4.74 Å². The van der Waals surface area contributed by atoms with Gasteiger partial charge in [0.25, 0.3) is 0 Å². The Morgan fingerprint density at radius 1 is 1.00 bits per heavy atom. The molecule has 178 valence electrons. The lowest BCUT2D eigenvalue weighted by Gasteiger charge is -2.44. The van der Waals surface area contributed by atoms with Gasteiger partial charge in [-0.3, -0.25) is 4.90 Å². The van der Waals surface area contributed by atoms with Gasteiger partial charge in [0.15, 0.2) is 0 Å². The van der Waals surface area contributed by atoms with Crippen molar-refractivity contribution >= 4 is 0 Å². The predicted octanol–water partition coefficient (Wildman–Crippen LogP) is 5.78. The molecule has 2 aromatic rings. The van der Waals surface area contributed by atoms with Crippen molar-refractivity contribution in [2.24, 2.45) is 0 Å². The summed E-state index contributed by atoms with van der Waals surface area (Å²) in [6.07, 6.45) is 12.8. The molecule has 3 aliphatic rings. The number of hydrogen-bond donors (Lipinski definition) is 2. The summed E-state index contributed by atoms with van der Waals surface area (Å²) in [7, 11) is 0. The fraction of sp³-hybridized carbons (Fsp3) is 0.586. The van der Waals surface area contributed by atoms with E-state index in [1.807, 2.05) is 12.1 Å². The highest BCUT2D eigenvalue weighted by atomic mass is 16.5. The molecule has 2 aliphatic heterocycles. The van der Waals surface area contributed by atoms with Crippen molar-refractivity contribution in [3.63, 3.8) is 0 Å². The molecule has 2 heterocycles. The maximum absolute atomic E-state index is 10.0. The molecule has 0 amide bonds.